The van der Waals surface area contributed by atoms with Crippen LogP contribution in [-0.4, -0.2) is 20.6 Å². The number of benzene rings is 1. The lowest BCUT2D eigenvalue weighted by Gasteiger charge is -2.08. The summed E-state index contributed by atoms with van der Waals surface area (Å²) in [6.45, 7) is 3.61. The first kappa shape index (κ1) is 16.0. The summed E-state index contributed by atoms with van der Waals surface area (Å²) >= 11 is 0. The lowest BCUT2D eigenvalue weighted by atomic mass is 10.2. The van der Waals surface area contributed by atoms with Gasteiger partial charge in [-0.1, -0.05) is 6.07 Å². The molecular formula is C16H17NO4S. The van der Waals surface area contributed by atoms with Gasteiger partial charge in [-0.2, -0.15) is 0 Å². The first-order valence-corrected chi connectivity index (χ1v) is 8.51. The number of carbonyl (C=O) groups is 1. The van der Waals surface area contributed by atoms with E-state index in [1.54, 1.807) is 31.2 Å². The summed E-state index contributed by atoms with van der Waals surface area (Å²) in [5.41, 5.74) is 1.25. The Bertz CT molecular complexity index is 832. The van der Waals surface area contributed by atoms with E-state index in [0.717, 1.165) is 17.6 Å². The molecule has 0 aliphatic rings. The van der Waals surface area contributed by atoms with Gasteiger partial charge in [-0.3, -0.25) is 4.79 Å². The summed E-state index contributed by atoms with van der Waals surface area (Å²) in [6, 6.07) is 8.19. The fourth-order valence-corrected chi connectivity index (χ4v) is 2.49. The van der Waals surface area contributed by atoms with Gasteiger partial charge in [-0.15, -0.1) is 0 Å². The van der Waals surface area contributed by atoms with Gasteiger partial charge in [0.25, 0.3) is 0 Å². The zero-order chi connectivity index (χ0) is 16.3. The smallest absolute Gasteiger partial charge is 0.248 e. The van der Waals surface area contributed by atoms with Gasteiger partial charge < -0.3 is 9.73 Å². The van der Waals surface area contributed by atoms with E-state index in [1.165, 1.54) is 18.2 Å². The van der Waals surface area contributed by atoms with Crippen molar-refractivity contribution in [2.45, 2.75) is 18.7 Å². The van der Waals surface area contributed by atoms with Crippen LogP contribution in [0, 0.1) is 13.8 Å². The van der Waals surface area contributed by atoms with Crippen LogP contribution < -0.4 is 5.32 Å². The van der Waals surface area contributed by atoms with Crippen molar-refractivity contribution in [3.63, 3.8) is 0 Å². The van der Waals surface area contributed by atoms with Gasteiger partial charge in [0.15, 0.2) is 9.84 Å². The zero-order valence-corrected chi connectivity index (χ0v) is 13.4. The van der Waals surface area contributed by atoms with Crippen LogP contribution in [0.3, 0.4) is 0 Å². The molecule has 1 heterocycles. The summed E-state index contributed by atoms with van der Waals surface area (Å²) in [5.74, 6) is 0.980. The predicted molar refractivity (Wildman–Crippen MR) is 85.4 cm³/mol. The Kier molecular flexibility index (Phi) is 4.51. The van der Waals surface area contributed by atoms with Crippen molar-refractivity contribution in [2.75, 3.05) is 11.6 Å². The largest absolute Gasteiger partial charge is 0.462 e. The summed E-state index contributed by atoms with van der Waals surface area (Å²) in [4.78, 5) is 12.1. The molecule has 0 saturated carbocycles. The second kappa shape index (κ2) is 6.19. The Labute approximate surface area is 129 Å². The van der Waals surface area contributed by atoms with Crippen LogP contribution in [0.4, 0.5) is 5.69 Å². The molecule has 1 aromatic heterocycles. The number of amides is 1. The molecule has 0 aliphatic heterocycles. The van der Waals surface area contributed by atoms with Crippen LogP contribution in [0.1, 0.15) is 17.1 Å². The molecule has 0 saturated heterocycles. The summed E-state index contributed by atoms with van der Waals surface area (Å²) < 4.78 is 28.4. The highest BCUT2D eigenvalue weighted by Gasteiger charge is 2.10. The van der Waals surface area contributed by atoms with E-state index in [0.29, 0.717) is 11.4 Å². The third-order valence-corrected chi connectivity index (χ3v) is 4.17. The molecular weight excluding hydrogens is 302 g/mol. The highest BCUT2D eigenvalue weighted by molar-refractivity contribution is 7.90. The van der Waals surface area contributed by atoms with E-state index < -0.39 is 9.84 Å². The van der Waals surface area contributed by atoms with Gasteiger partial charge in [-0.05, 0) is 49.8 Å². The quantitative estimate of drug-likeness (QED) is 0.879. The maximum atomic E-state index is 11.9. The van der Waals surface area contributed by atoms with E-state index in [1.807, 2.05) is 6.92 Å². The number of rotatable bonds is 4. The van der Waals surface area contributed by atoms with Gasteiger partial charge >= 0.3 is 0 Å². The SMILES string of the molecule is Cc1ccc(/C=C/C(=O)Nc2cc(S(C)(=O)=O)ccc2C)o1. The molecule has 0 fully saturated rings. The second-order valence-corrected chi connectivity index (χ2v) is 7.04. The van der Waals surface area contributed by atoms with Crippen LogP contribution in [0.5, 0.6) is 0 Å². The van der Waals surface area contributed by atoms with Crippen molar-refractivity contribution in [1.82, 2.24) is 0 Å². The van der Waals surface area contributed by atoms with Crippen LogP contribution >= 0.6 is 0 Å². The topological polar surface area (TPSA) is 76.4 Å². The minimum Gasteiger partial charge on any atom is -0.462 e. The summed E-state index contributed by atoms with van der Waals surface area (Å²) in [6.07, 6.45) is 4.02. The number of hydrogen-bond acceptors (Lipinski definition) is 4. The maximum absolute atomic E-state index is 11.9. The number of aryl methyl sites for hydroxylation is 2. The Morgan fingerprint density at radius 1 is 1.18 bits per heavy atom. The molecule has 2 rings (SSSR count). The van der Waals surface area contributed by atoms with Gasteiger partial charge in [0.2, 0.25) is 5.91 Å². The average Bonchev–Trinajstić information content (AvgIpc) is 2.83. The number of hydrogen-bond donors (Lipinski definition) is 1. The van der Waals surface area contributed by atoms with Crippen LogP contribution in [0.25, 0.3) is 6.08 Å². The van der Waals surface area contributed by atoms with Gasteiger partial charge in [-0.25, -0.2) is 8.42 Å². The Balaban J connectivity index is 2.16. The molecule has 0 unspecified atom stereocenters. The predicted octanol–water partition coefficient (Wildman–Crippen LogP) is 2.95. The zero-order valence-electron chi connectivity index (χ0n) is 12.6. The molecule has 116 valence electrons. The third-order valence-electron chi connectivity index (χ3n) is 3.06. The first-order chi connectivity index (χ1) is 10.3. The molecule has 1 N–H and O–H groups in total. The van der Waals surface area contributed by atoms with Crippen molar-refractivity contribution >= 4 is 27.5 Å². The molecule has 1 aromatic carbocycles. The lowest BCUT2D eigenvalue weighted by molar-refractivity contribution is -0.111. The number of carbonyl (C=O) groups excluding carboxylic acids is 1. The molecule has 0 atom stereocenters. The van der Waals surface area contributed by atoms with Gasteiger partial charge in [0, 0.05) is 18.0 Å². The summed E-state index contributed by atoms with van der Waals surface area (Å²) in [7, 11) is -3.31. The number of furan rings is 1. The molecule has 5 nitrogen and oxygen atoms in total. The van der Waals surface area contributed by atoms with Crippen LogP contribution in [0.15, 0.2) is 45.7 Å². The fraction of sp³-hybridized carbons (Fsp3) is 0.188. The van der Waals surface area contributed by atoms with Crippen LogP contribution in [0.2, 0.25) is 0 Å². The lowest BCUT2D eigenvalue weighted by Crippen LogP contribution is -2.10. The third kappa shape index (κ3) is 4.08. The van der Waals surface area contributed by atoms with Crippen molar-refractivity contribution < 1.29 is 17.6 Å². The second-order valence-electron chi connectivity index (χ2n) is 5.02. The van der Waals surface area contributed by atoms with Gasteiger partial charge in [0.1, 0.15) is 11.5 Å². The summed E-state index contributed by atoms with van der Waals surface area (Å²) in [5, 5.41) is 2.67. The van der Waals surface area contributed by atoms with E-state index in [4.69, 9.17) is 4.42 Å². The normalized spacial score (nSPS) is 11.8. The molecule has 2 aromatic rings. The van der Waals surface area contributed by atoms with E-state index in [-0.39, 0.29) is 10.8 Å². The average molecular weight is 319 g/mol. The van der Waals surface area contributed by atoms with Crippen molar-refractivity contribution in [3.8, 4) is 0 Å². The minimum absolute atomic E-state index is 0.166. The number of anilines is 1. The van der Waals surface area contributed by atoms with E-state index in [2.05, 4.69) is 5.32 Å². The standard InChI is InChI=1S/C16H17NO4S/c1-11-4-8-14(22(3,19)20)10-15(11)17-16(18)9-7-13-6-5-12(2)21-13/h4-10H,1-3H3,(H,17,18)/b9-7+. The monoisotopic (exact) mass is 319 g/mol. The number of sulfone groups is 1. The van der Waals surface area contributed by atoms with E-state index in [9.17, 15) is 13.2 Å². The Morgan fingerprint density at radius 2 is 1.91 bits per heavy atom. The van der Waals surface area contributed by atoms with E-state index >= 15 is 0 Å². The van der Waals surface area contributed by atoms with Crippen molar-refractivity contribution in [3.05, 3.63) is 53.5 Å². The molecule has 0 radical (unpaired) electrons. The van der Waals surface area contributed by atoms with Crippen molar-refractivity contribution in [2.24, 2.45) is 0 Å². The van der Waals surface area contributed by atoms with Gasteiger partial charge in [0.05, 0.1) is 4.90 Å². The molecule has 0 spiro atoms. The number of nitrogens with one attached hydrogen (secondary N) is 1. The molecule has 22 heavy (non-hydrogen) atoms. The molecule has 0 bridgehead atoms. The molecule has 6 heteroatoms. The Morgan fingerprint density at radius 3 is 2.50 bits per heavy atom. The molecule has 0 aliphatic carbocycles. The van der Waals surface area contributed by atoms with Crippen molar-refractivity contribution in [1.29, 1.82) is 0 Å². The minimum atomic E-state index is -3.31. The Hall–Kier alpha value is -2.34. The fourth-order valence-electron chi connectivity index (χ4n) is 1.84. The van der Waals surface area contributed by atoms with Crippen LogP contribution in [-0.2, 0) is 14.6 Å². The maximum Gasteiger partial charge on any atom is 0.248 e. The highest BCUT2D eigenvalue weighted by atomic mass is 32.2. The molecule has 1 amide bonds. The highest BCUT2D eigenvalue weighted by Crippen LogP contribution is 2.20. The first-order valence-electron chi connectivity index (χ1n) is 6.62.